The molecule has 1 amide bonds. The lowest BCUT2D eigenvalue weighted by Crippen LogP contribution is -2.42. The third kappa shape index (κ3) is 4.69. The Morgan fingerprint density at radius 1 is 1.27 bits per heavy atom. The number of halogens is 4. The fourth-order valence-corrected chi connectivity index (χ4v) is 2.54. The molecule has 3 nitrogen and oxygen atoms in total. The van der Waals surface area contributed by atoms with E-state index in [9.17, 15) is 22.4 Å². The Morgan fingerprint density at radius 3 is 2.59 bits per heavy atom. The molecule has 2 rings (SSSR count). The van der Waals surface area contributed by atoms with Crippen LogP contribution in [-0.4, -0.2) is 25.0 Å². The lowest BCUT2D eigenvalue weighted by Gasteiger charge is -2.23. The van der Waals surface area contributed by atoms with Gasteiger partial charge in [-0.15, -0.1) is 0 Å². The van der Waals surface area contributed by atoms with Crippen molar-refractivity contribution in [1.82, 2.24) is 10.6 Å². The van der Waals surface area contributed by atoms with Gasteiger partial charge in [-0.2, -0.15) is 13.2 Å². The quantitative estimate of drug-likeness (QED) is 0.838. The summed E-state index contributed by atoms with van der Waals surface area (Å²) in [6, 6.07) is 2.62. The molecule has 0 atom stereocenters. The largest absolute Gasteiger partial charge is 0.416 e. The topological polar surface area (TPSA) is 41.1 Å². The van der Waals surface area contributed by atoms with E-state index < -0.39 is 17.6 Å². The summed E-state index contributed by atoms with van der Waals surface area (Å²) in [5, 5.41) is 5.99. The molecule has 0 aromatic heterocycles. The monoisotopic (exact) mass is 318 g/mol. The molecule has 0 aliphatic carbocycles. The molecule has 7 heteroatoms. The molecular formula is C15H18F4N2O. The van der Waals surface area contributed by atoms with Gasteiger partial charge in [-0.1, -0.05) is 6.07 Å². The van der Waals surface area contributed by atoms with Crippen molar-refractivity contribution in [1.29, 1.82) is 0 Å². The standard InChI is InChI=1S/C15H18F4N2O/c16-11-3-1-10(13(9-11)15(17,18)19)2-4-14(22)21-12-5-7-20-8-6-12/h1,3,9,12,20H,2,4-8H2,(H,21,22). The zero-order valence-corrected chi connectivity index (χ0v) is 12.0. The summed E-state index contributed by atoms with van der Waals surface area (Å²) in [6.45, 7) is 1.64. The van der Waals surface area contributed by atoms with Crippen LogP contribution in [0.4, 0.5) is 17.6 Å². The highest BCUT2D eigenvalue weighted by molar-refractivity contribution is 5.76. The number of carbonyl (C=O) groups is 1. The first-order valence-electron chi connectivity index (χ1n) is 7.22. The summed E-state index contributed by atoms with van der Waals surface area (Å²) in [5.74, 6) is -1.21. The molecule has 1 saturated heterocycles. The predicted octanol–water partition coefficient (Wildman–Crippen LogP) is 2.65. The van der Waals surface area contributed by atoms with Gasteiger partial charge < -0.3 is 10.6 Å². The van der Waals surface area contributed by atoms with Gasteiger partial charge in [0.15, 0.2) is 0 Å². The van der Waals surface area contributed by atoms with Gasteiger partial charge in [0.05, 0.1) is 5.56 Å². The van der Waals surface area contributed by atoms with E-state index in [4.69, 9.17) is 0 Å². The van der Waals surface area contributed by atoms with Crippen molar-refractivity contribution < 1.29 is 22.4 Å². The van der Waals surface area contributed by atoms with Crippen LogP contribution in [0, 0.1) is 5.82 Å². The summed E-state index contributed by atoms with van der Waals surface area (Å²) in [4.78, 5) is 11.8. The van der Waals surface area contributed by atoms with Crippen LogP contribution in [0.15, 0.2) is 18.2 Å². The summed E-state index contributed by atoms with van der Waals surface area (Å²) in [5.41, 5.74) is -1.07. The van der Waals surface area contributed by atoms with Crippen LogP contribution in [0.25, 0.3) is 0 Å². The lowest BCUT2D eigenvalue weighted by atomic mass is 10.0. The second kappa shape index (κ2) is 7.09. The molecule has 1 aliphatic heterocycles. The van der Waals surface area contributed by atoms with Crippen LogP contribution in [0.2, 0.25) is 0 Å². The van der Waals surface area contributed by atoms with Crippen molar-refractivity contribution in [3.63, 3.8) is 0 Å². The fourth-order valence-electron chi connectivity index (χ4n) is 2.54. The first kappa shape index (κ1) is 16.7. The average molecular weight is 318 g/mol. The number of nitrogens with one attached hydrogen (secondary N) is 2. The van der Waals surface area contributed by atoms with Gasteiger partial charge in [0.2, 0.25) is 5.91 Å². The molecule has 1 heterocycles. The number of aryl methyl sites for hydroxylation is 1. The number of benzene rings is 1. The first-order valence-corrected chi connectivity index (χ1v) is 7.22. The minimum absolute atomic E-state index is 0.0430. The smallest absolute Gasteiger partial charge is 0.353 e. The molecule has 1 aromatic carbocycles. The predicted molar refractivity (Wildman–Crippen MR) is 73.8 cm³/mol. The number of carbonyl (C=O) groups excluding carboxylic acids is 1. The van der Waals surface area contributed by atoms with Gasteiger partial charge in [-0.25, -0.2) is 4.39 Å². The maximum Gasteiger partial charge on any atom is 0.416 e. The summed E-state index contributed by atoms with van der Waals surface area (Å²) >= 11 is 0. The zero-order valence-electron chi connectivity index (χ0n) is 12.0. The van der Waals surface area contributed by atoms with Crippen molar-refractivity contribution in [3.05, 3.63) is 35.1 Å². The number of amides is 1. The SMILES string of the molecule is O=C(CCc1ccc(F)cc1C(F)(F)F)NC1CCNCC1. The zero-order chi connectivity index (χ0) is 16.2. The first-order chi connectivity index (χ1) is 10.4. The minimum atomic E-state index is -4.62. The molecule has 0 bridgehead atoms. The Balaban J connectivity index is 1.94. The summed E-state index contributed by atoms with van der Waals surface area (Å²) in [6.07, 6.45) is -3.10. The highest BCUT2D eigenvalue weighted by atomic mass is 19.4. The Labute approximate surface area is 126 Å². The average Bonchev–Trinajstić information content (AvgIpc) is 2.46. The molecule has 1 aliphatic rings. The summed E-state index contributed by atoms with van der Waals surface area (Å²) < 4.78 is 51.6. The second-order valence-electron chi connectivity index (χ2n) is 5.39. The van der Waals surface area contributed by atoms with E-state index >= 15 is 0 Å². The Bertz CT molecular complexity index is 525. The van der Waals surface area contributed by atoms with E-state index in [1.807, 2.05) is 0 Å². The molecule has 122 valence electrons. The highest BCUT2D eigenvalue weighted by Crippen LogP contribution is 2.33. The van der Waals surface area contributed by atoms with E-state index in [2.05, 4.69) is 10.6 Å². The number of hydrogen-bond donors (Lipinski definition) is 2. The third-order valence-electron chi connectivity index (χ3n) is 3.70. The number of piperidine rings is 1. The molecule has 22 heavy (non-hydrogen) atoms. The van der Waals surface area contributed by atoms with E-state index in [-0.39, 0.29) is 30.4 Å². The Hall–Kier alpha value is -1.63. The molecule has 0 radical (unpaired) electrons. The molecule has 0 spiro atoms. The van der Waals surface area contributed by atoms with Crippen LogP contribution < -0.4 is 10.6 Å². The lowest BCUT2D eigenvalue weighted by molar-refractivity contribution is -0.138. The minimum Gasteiger partial charge on any atom is -0.353 e. The Kier molecular flexibility index (Phi) is 5.39. The number of hydrogen-bond acceptors (Lipinski definition) is 2. The fraction of sp³-hybridized carbons (Fsp3) is 0.533. The van der Waals surface area contributed by atoms with Crippen molar-refractivity contribution in [2.24, 2.45) is 0 Å². The van der Waals surface area contributed by atoms with Gasteiger partial charge in [-0.3, -0.25) is 4.79 Å². The maximum atomic E-state index is 13.0. The van der Waals surface area contributed by atoms with Crippen LogP contribution in [0.5, 0.6) is 0 Å². The van der Waals surface area contributed by atoms with Crippen LogP contribution >= 0.6 is 0 Å². The molecule has 1 fully saturated rings. The maximum absolute atomic E-state index is 13.0. The molecular weight excluding hydrogens is 300 g/mol. The molecule has 0 unspecified atom stereocenters. The Morgan fingerprint density at radius 2 is 1.95 bits per heavy atom. The van der Waals surface area contributed by atoms with Gasteiger partial charge in [0, 0.05) is 12.5 Å². The van der Waals surface area contributed by atoms with Crippen molar-refractivity contribution >= 4 is 5.91 Å². The van der Waals surface area contributed by atoms with Crippen LogP contribution in [0.1, 0.15) is 30.4 Å². The van der Waals surface area contributed by atoms with Crippen molar-refractivity contribution in [2.45, 2.75) is 37.9 Å². The van der Waals surface area contributed by atoms with E-state index in [1.165, 1.54) is 0 Å². The molecule has 0 saturated carbocycles. The van der Waals surface area contributed by atoms with Crippen LogP contribution in [0.3, 0.4) is 0 Å². The highest BCUT2D eigenvalue weighted by Gasteiger charge is 2.33. The van der Waals surface area contributed by atoms with Gasteiger partial charge in [0.1, 0.15) is 5.82 Å². The second-order valence-corrected chi connectivity index (χ2v) is 5.39. The number of alkyl halides is 3. The van der Waals surface area contributed by atoms with Crippen LogP contribution in [-0.2, 0) is 17.4 Å². The van der Waals surface area contributed by atoms with Gasteiger partial charge >= 0.3 is 6.18 Å². The van der Waals surface area contributed by atoms with E-state index in [0.717, 1.165) is 38.1 Å². The van der Waals surface area contributed by atoms with Crippen molar-refractivity contribution in [2.75, 3.05) is 13.1 Å². The van der Waals surface area contributed by atoms with Gasteiger partial charge in [0.25, 0.3) is 0 Å². The van der Waals surface area contributed by atoms with Gasteiger partial charge in [-0.05, 0) is 50.0 Å². The normalized spacial score (nSPS) is 16.5. The third-order valence-corrected chi connectivity index (χ3v) is 3.70. The van der Waals surface area contributed by atoms with Crippen molar-refractivity contribution in [3.8, 4) is 0 Å². The number of rotatable bonds is 4. The van der Waals surface area contributed by atoms with E-state index in [0.29, 0.717) is 6.07 Å². The van der Waals surface area contributed by atoms with E-state index in [1.54, 1.807) is 0 Å². The summed E-state index contributed by atoms with van der Waals surface area (Å²) in [7, 11) is 0. The molecule has 2 N–H and O–H groups in total. The molecule has 1 aromatic rings.